The Morgan fingerprint density at radius 1 is 0.980 bits per heavy atom. The average molecular weight is 704 g/mol. The lowest BCUT2D eigenvalue weighted by Crippen LogP contribution is -2.59. The second-order valence-electron chi connectivity index (χ2n) is 13.2. The number of carboxylic acid groups (broad SMARTS) is 1. The van der Waals surface area contributed by atoms with Crippen molar-refractivity contribution in [3.8, 4) is 16.9 Å². The van der Waals surface area contributed by atoms with Crippen LogP contribution in [-0.4, -0.2) is 66.8 Å². The molecule has 1 aliphatic heterocycles. The van der Waals surface area contributed by atoms with Gasteiger partial charge in [-0.25, -0.2) is 9.31 Å². The standard InChI is InChI=1S/C33H34F5N7O3S/c1-21-7-8-24(16-28(21)43-12-13-45-30(43)18-27(41-45)22-6-5-9-39-19-22)40-31(46)23-14-25(17-26(15-23)49(34,35,36,37)38)42-10-11-44(32(47)48)29(20-42)33(2,3)4/h5-9,12-19,29H,10-11,20H2,1-4H3,(H,40,46)(H,47,48). The van der Waals surface area contributed by atoms with Crippen LogP contribution in [0.4, 0.5) is 35.6 Å². The quantitative estimate of drug-likeness (QED) is 0.172. The molecule has 0 spiro atoms. The Hall–Kier alpha value is -5.12. The number of rotatable bonds is 6. The predicted octanol–water partition coefficient (Wildman–Crippen LogP) is 8.62. The van der Waals surface area contributed by atoms with Crippen molar-refractivity contribution in [2.24, 2.45) is 5.41 Å². The van der Waals surface area contributed by atoms with Crippen LogP contribution in [0, 0.1) is 12.3 Å². The molecule has 2 amide bonds. The first kappa shape index (κ1) is 33.8. The van der Waals surface area contributed by atoms with Crippen molar-refractivity contribution in [1.82, 2.24) is 24.1 Å². The summed E-state index contributed by atoms with van der Waals surface area (Å²) in [5, 5.41) is 16.9. The molecule has 2 aromatic carbocycles. The number of anilines is 2. The summed E-state index contributed by atoms with van der Waals surface area (Å²) in [5.41, 5.74) is 2.31. The lowest BCUT2D eigenvalue weighted by Gasteiger charge is -2.47. The molecule has 5 aromatic rings. The van der Waals surface area contributed by atoms with Crippen LogP contribution in [0.3, 0.4) is 0 Å². The lowest BCUT2D eigenvalue weighted by molar-refractivity contribution is 0.0748. The van der Waals surface area contributed by atoms with E-state index in [1.54, 1.807) is 74.3 Å². The number of imidazole rings is 1. The van der Waals surface area contributed by atoms with E-state index in [2.05, 4.69) is 15.4 Å². The van der Waals surface area contributed by atoms with E-state index in [0.717, 1.165) is 17.2 Å². The smallest absolute Gasteiger partial charge is 0.407 e. The van der Waals surface area contributed by atoms with Crippen LogP contribution >= 0.6 is 10.2 Å². The van der Waals surface area contributed by atoms with Gasteiger partial charge in [-0.15, -0.1) is 0 Å². The molecule has 1 fully saturated rings. The number of hydrogen-bond acceptors (Lipinski definition) is 5. The minimum Gasteiger partial charge on any atom is -0.465 e. The van der Waals surface area contributed by atoms with Gasteiger partial charge in [-0.1, -0.05) is 46.3 Å². The Balaban J connectivity index is 1.34. The minimum atomic E-state index is -10.2. The Labute approximate surface area is 278 Å². The van der Waals surface area contributed by atoms with Crippen LogP contribution in [-0.2, 0) is 0 Å². The van der Waals surface area contributed by atoms with E-state index < -0.39 is 44.1 Å². The molecule has 10 nitrogen and oxygen atoms in total. The maximum atomic E-state index is 14.2. The number of pyridine rings is 1. The van der Waals surface area contributed by atoms with Gasteiger partial charge in [0.1, 0.15) is 10.5 Å². The molecule has 1 atom stereocenters. The number of piperazine rings is 1. The zero-order valence-electron chi connectivity index (χ0n) is 26.9. The molecule has 1 aliphatic rings. The molecule has 1 unspecified atom stereocenters. The van der Waals surface area contributed by atoms with Gasteiger partial charge in [0.05, 0.1) is 17.4 Å². The number of hydrogen-bond donors (Lipinski definition) is 2. The highest BCUT2D eigenvalue weighted by Gasteiger charge is 2.65. The van der Waals surface area contributed by atoms with Gasteiger partial charge in [-0.3, -0.25) is 14.3 Å². The number of aryl methyl sites for hydroxylation is 1. The van der Waals surface area contributed by atoms with Crippen LogP contribution in [0.2, 0.25) is 0 Å². The number of halogens is 5. The summed E-state index contributed by atoms with van der Waals surface area (Å²) in [5.74, 6) is -1.03. The Bertz CT molecular complexity index is 2100. The van der Waals surface area contributed by atoms with Crippen molar-refractivity contribution in [3.63, 3.8) is 0 Å². The molecule has 0 bridgehead atoms. The number of carbonyl (C=O) groups excluding carboxylic acids is 1. The third-order valence-corrected chi connectivity index (χ3v) is 9.72. The number of aromatic nitrogens is 4. The molecule has 49 heavy (non-hydrogen) atoms. The van der Waals surface area contributed by atoms with E-state index in [-0.39, 0.29) is 37.1 Å². The fraction of sp³-hybridized carbons (Fsp3) is 0.273. The number of benzene rings is 2. The monoisotopic (exact) mass is 703 g/mol. The van der Waals surface area contributed by atoms with E-state index >= 15 is 0 Å². The van der Waals surface area contributed by atoms with E-state index in [1.807, 2.05) is 23.6 Å². The second kappa shape index (κ2) is 10.9. The van der Waals surface area contributed by atoms with Gasteiger partial charge in [-0.2, -0.15) is 5.10 Å². The molecule has 3 aromatic heterocycles. The van der Waals surface area contributed by atoms with Crippen LogP contribution in [0.15, 0.2) is 84.3 Å². The SMILES string of the molecule is Cc1ccc(NC(=O)c2cc(N3CCN(C(=O)O)C(C(C)(C)C)C3)cc(S(F)(F)(F)(F)F)c2)cc1-n1ccn2nc(-c3cccnc3)cc12. The molecular weight excluding hydrogens is 669 g/mol. The zero-order chi connectivity index (χ0) is 35.6. The van der Waals surface area contributed by atoms with Crippen LogP contribution in [0.25, 0.3) is 22.6 Å². The molecule has 2 N–H and O–H groups in total. The van der Waals surface area contributed by atoms with Crippen molar-refractivity contribution in [2.45, 2.75) is 38.6 Å². The van der Waals surface area contributed by atoms with Crippen molar-refractivity contribution >= 4 is 39.2 Å². The second-order valence-corrected chi connectivity index (χ2v) is 15.6. The first-order valence-electron chi connectivity index (χ1n) is 15.2. The van der Waals surface area contributed by atoms with E-state index in [9.17, 15) is 34.1 Å². The maximum Gasteiger partial charge on any atom is 0.407 e. The van der Waals surface area contributed by atoms with E-state index in [1.165, 1.54) is 9.80 Å². The molecule has 0 saturated carbocycles. The van der Waals surface area contributed by atoms with Gasteiger partial charge < -0.3 is 20.2 Å². The van der Waals surface area contributed by atoms with Crippen molar-refractivity contribution in [2.75, 3.05) is 29.9 Å². The van der Waals surface area contributed by atoms with Gasteiger partial charge in [-0.05, 0) is 60.4 Å². The molecule has 0 radical (unpaired) electrons. The molecule has 16 heteroatoms. The highest BCUT2D eigenvalue weighted by atomic mass is 32.5. The highest BCUT2D eigenvalue weighted by Crippen LogP contribution is 3.02. The van der Waals surface area contributed by atoms with Gasteiger partial charge >= 0.3 is 16.3 Å². The summed E-state index contributed by atoms with van der Waals surface area (Å²) in [6.07, 6.45) is 5.65. The third-order valence-electron chi connectivity index (χ3n) is 8.59. The fourth-order valence-electron chi connectivity index (χ4n) is 6.00. The van der Waals surface area contributed by atoms with Gasteiger partial charge in [0.25, 0.3) is 5.91 Å². The topological polar surface area (TPSA) is 108 Å². The number of amides is 2. The van der Waals surface area contributed by atoms with Crippen molar-refractivity contribution in [3.05, 3.63) is 90.5 Å². The number of fused-ring (bicyclic) bond motifs is 1. The average Bonchev–Trinajstić information content (AvgIpc) is 3.62. The molecule has 6 rings (SSSR count). The summed E-state index contributed by atoms with van der Waals surface area (Å²) in [4.78, 5) is 29.9. The summed E-state index contributed by atoms with van der Waals surface area (Å²) in [7, 11) is -10.2. The number of nitrogens with one attached hydrogen (secondary N) is 1. The normalized spacial score (nSPS) is 17.1. The van der Waals surface area contributed by atoms with Crippen molar-refractivity contribution < 1.29 is 34.1 Å². The Morgan fingerprint density at radius 3 is 2.39 bits per heavy atom. The molecule has 1 saturated heterocycles. The van der Waals surface area contributed by atoms with E-state index in [0.29, 0.717) is 23.1 Å². The molecule has 4 heterocycles. The van der Waals surface area contributed by atoms with Crippen LogP contribution in [0.1, 0.15) is 36.7 Å². The Kier molecular flexibility index (Phi) is 7.55. The first-order valence-corrected chi connectivity index (χ1v) is 17.2. The van der Waals surface area contributed by atoms with Gasteiger partial charge in [0.2, 0.25) is 0 Å². The largest absolute Gasteiger partial charge is 0.465 e. The van der Waals surface area contributed by atoms with Crippen LogP contribution < -0.4 is 10.2 Å². The minimum absolute atomic E-state index is 0.0620. The summed E-state index contributed by atoms with van der Waals surface area (Å²) in [6, 6.07) is 11.4. The van der Waals surface area contributed by atoms with Gasteiger partial charge in [0.15, 0.2) is 0 Å². The van der Waals surface area contributed by atoms with Crippen LogP contribution in [0.5, 0.6) is 0 Å². The third kappa shape index (κ3) is 6.90. The summed E-state index contributed by atoms with van der Waals surface area (Å²) < 4.78 is 74.7. The van der Waals surface area contributed by atoms with Crippen molar-refractivity contribution in [1.29, 1.82) is 0 Å². The zero-order valence-corrected chi connectivity index (χ0v) is 27.8. The number of carbonyl (C=O) groups is 2. The summed E-state index contributed by atoms with van der Waals surface area (Å²) in [6.45, 7) is 6.99. The Morgan fingerprint density at radius 2 is 1.73 bits per heavy atom. The van der Waals surface area contributed by atoms with Gasteiger partial charge in [0, 0.05) is 73.0 Å². The lowest BCUT2D eigenvalue weighted by atomic mass is 9.84. The molecular formula is C33H34F5N7O3S. The highest BCUT2D eigenvalue weighted by molar-refractivity contribution is 8.45. The first-order chi connectivity index (χ1) is 22.7. The molecule has 0 aliphatic carbocycles. The maximum absolute atomic E-state index is 14.2. The molecule has 260 valence electrons. The number of nitrogens with zero attached hydrogens (tertiary/aromatic N) is 6. The van der Waals surface area contributed by atoms with E-state index in [4.69, 9.17) is 0 Å². The summed E-state index contributed by atoms with van der Waals surface area (Å²) >= 11 is 0. The predicted molar refractivity (Wildman–Crippen MR) is 178 cm³/mol. The fourth-order valence-corrected chi connectivity index (χ4v) is 6.69.